The van der Waals surface area contributed by atoms with Crippen molar-refractivity contribution in [2.24, 2.45) is 4.99 Å². The standard InChI is InChI=1S/C23H30F2N4O3.HI/c1-4-26-23(28-13-12-27-21(30)17-9-6-8-16(3)14-17)29-15-18-10-7-11-19(31-5-2)20(18)32-22(24)25;/h6-11,14,22H,4-5,12-13,15H2,1-3H3,(H,27,30)(H2,26,28,29);1H. The number of para-hydroxylation sites is 1. The molecule has 0 fully saturated rings. The molecule has 0 heterocycles. The number of aryl methyl sites for hydroxylation is 1. The van der Waals surface area contributed by atoms with Crippen molar-refractivity contribution in [1.29, 1.82) is 0 Å². The van der Waals surface area contributed by atoms with Crippen LogP contribution >= 0.6 is 24.0 Å². The second-order valence-electron chi connectivity index (χ2n) is 6.80. The Kier molecular flexibility index (Phi) is 13.1. The van der Waals surface area contributed by atoms with Gasteiger partial charge in [-0.05, 0) is 39.0 Å². The SMILES string of the molecule is CCNC(=NCc1cccc(OCC)c1OC(F)F)NCCNC(=O)c1cccc(C)c1.I. The van der Waals surface area contributed by atoms with E-state index in [0.717, 1.165) is 5.56 Å². The summed E-state index contributed by atoms with van der Waals surface area (Å²) in [5, 5.41) is 9.04. The summed E-state index contributed by atoms with van der Waals surface area (Å²) in [5.41, 5.74) is 2.09. The van der Waals surface area contributed by atoms with E-state index in [1.807, 2.05) is 32.0 Å². The maximum Gasteiger partial charge on any atom is 0.387 e. The van der Waals surface area contributed by atoms with Gasteiger partial charge in [-0.25, -0.2) is 4.99 Å². The van der Waals surface area contributed by atoms with Gasteiger partial charge in [0.1, 0.15) is 0 Å². The quantitative estimate of drug-likeness (QED) is 0.163. The summed E-state index contributed by atoms with van der Waals surface area (Å²) in [6.45, 7) is 4.50. The third kappa shape index (κ3) is 9.80. The van der Waals surface area contributed by atoms with Gasteiger partial charge >= 0.3 is 6.61 Å². The first-order valence-electron chi connectivity index (χ1n) is 10.5. The van der Waals surface area contributed by atoms with E-state index in [1.54, 1.807) is 31.2 Å². The van der Waals surface area contributed by atoms with Crippen molar-refractivity contribution in [3.05, 3.63) is 59.2 Å². The summed E-state index contributed by atoms with van der Waals surface area (Å²) < 4.78 is 35.8. The molecule has 0 spiro atoms. The van der Waals surface area contributed by atoms with Crippen LogP contribution in [0.5, 0.6) is 11.5 Å². The normalized spacial score (nSPS) is 10.9. The van der Waals surface area contributed by atoms with Gasteiger partial charge in [-0.1, -0.05) is 29.8 Å². The van der Waals surface area contributed by atoms with Crippen molar-refractivity contribution in [2.45, 2.75) is 33.9 Å². The van der Waals surface area contributed by atoms with Crippen molar-refractivity contribution in [3.63, 3.8) is 0 Å². The largest absolute Gasteiger partial charge is 0.490 e. The average molecular weight is 576 g/mol. The fraction of sp³-hybridized carbons (Fsp3) is 0.391. The van der Waals surface area contributed by atoms with Crippen molar-refractivity contribution < 1.29 is 23.0 Å². The highest BCUT2D eigenvalue weighted by atomic mass is 127. The lowest BCUT2D eigenvalue weighted by atomic mass is 10.1. The molecule has 0 aliphatic carbocycles. The van der Waals surface area contributed by atoms with Gasteiger partial charge in [-0.15, -0.1) is 24.0 Å². The minimum atomic E-state index is -2.97. The number of hydrogen-bond acceptors (Lipinski definition) is 4. The topological polar surface area (TPSA) is 84.0 Å². The summed E-state index contributed by atoms with van der Waals surface area (Å²) >= 11 is 0. The Hall–Kier alpha value is -2.63. The van der Waals surface area contributed by atoms with Crippen LogP contribution in [0.1, 0.15) is 35.3 Å². The maximum absolute atomic E-state index is 12.9. The third-order valence-corrected chi connectivity index (χ3v) is 4.30. The molecule has 0 atom stereocenters. The molecule has 3 N–H and O–H groups in total. The fourth-order valence-electron chi connectivity index (χ4n) is 2.93. The molecule has 0 unspecified atom stereocenters. The number of aliphatic imine (C=N–C) groups is 1. The van der Waals surface area contributed by atoms with Gasteiger partial charge in [-0.3, -0.25) is 4.79 Å². The lowest BCUT2D eigenvalue weighted by molar-refractivity contribution is -0.0520. The molecule has 0 saturated heterocycles. The highest BCUT2D eigenvalue weighted by molar-refractivity contribution is 14.0. The van der Waals surface area contributed by atoms with Gasteiger partial charge in [0.15, 0.2) is 17.5 Å². The Bertz CT molecular complexity index is 913. The van der Waals surface area contributed by atoms with Crippen LogP contribution in [0.25, 0.3) is 0 Å². The Morgan fingerprint density at radius 1 is 1.06 bits per heavy atom. The number of hydrogen-bond donors (Lipinski definition) is 3. The molecule has 0 aliphatic heterocycles. The van der Waals surface area contributed by atoms with Gasteiger partial charge in [0.25, 0.3) is 5.91 Å². The minimum absolute atomic E-state index is 0. The molecule has 0 radical (unpaired) electrons. The first-order valence-corrected chi connectivity index (χ1v) is 10.5. The summed E-state index contributed by atoms with van der Waals surface area (Å²) in [6.07, 6.45) is 0. The number of alkyl halides is 2. The van der Waals surface area contributed by atoms with Gasteiger partial charge in [0.2, 0.25) is 0 Å². The molecule has 33 heavy (non-hydrogen) atoms. The molecule has 1 amide bonds. The molecule has 2 aromatic carbocycles. The molecule has 0 saturated carbocycles. The van der Waals surface area contributed by atoms with Crippen LogP contribution in [-0.4, -0.2) is 44.7 Å². The van der Waals surface area contributed by atoms with Crippen LogP contribution in [-0.2, 0) is 6.54 Å². The summed E-state index contributed by atoms with van der Waals surface area (Å²) in [7, 11) is 0. The number of amides is 1. The molecule has 2 aromatic rings. The molecule has 0 bridgehead atoms. The molecule has 0 aliphatic rings. The van der Waals surface area contributed by atoms with Crippen molar-refractivity contribution in [1.82, 2.24) is 16.0 Å². The molecule has 7 nitrogen and oxygen atoms in total. The molecule has 0 aromatic heterocycles. The zero-order chi connectivity index (χ0) is 23.3. The Morgan fingerprint density at radius 2 is 1.79 bits per heavy atom. The highest BCUT2D eigenvalue weighted by Crippen LogP contribution is 2.33. The monoisotopic (exact) mass is 576 g/mol. The van der Waals surface area contributed by atoms with Crippen molar-refractivity contribution >= 4 is 35.8 Å². The van der Waals surface area contributed by atoms with Crippen LogP contribution in [0, 0.1) is 6.92 Å². The number of rotatable bonds is 11. The third-order valence-electron chi connectivity index (χ3n) is 4.30. The number of halogens is 3. The van der Waals surface area contributed by atoms with Crippen LogP contribution in [0.4, 0.5) is 8.78 Å². The van der Waals surface area contributed by atoms with Gasteiger partial charge in [0.05, 0.1) is 13.2 Å². The first-order chi connectivity index (χ1) is 15.4. The van der Waals surface area contributed by atoms with E-state index in [2.05, 4.69) is 25.7 Å². The number of ether oxygens (including phenoxy) is 2. The van der Waals surface area contributed by atoms with Crippen molar-refractivity contribution in [2.75, 3.05) is 26.2 Å². The lowest BCUT2D eigenvalue weighted by Crippen LogP contribution is -2.41. The summed E-state index contributed by atoms with van der Waals surface area (Å²) in [6, 6.07) is 12.3. The fourth-order valence-corrected chi connectivity index (χ4v) is 2.93. The molecule has 182 valence electrons. The zero-order valence-electron chi connectivity index (χ0n) is 19.0. The number of carbonyl (C=O) groups is 1. The van der Waals surface area contributed by atoms with Gasteiger partial charge < -0.3 is 25.4 Å². The van der Waals surface area contributed by atoms with Gasteiger partial charge in [-0.2, -0.15) is 8.78 Å². The zero-order valence-corrected chi connectivity index (χ0v) is 21.3. The second kappa shape index (κ2) is 15.3. The lowest BCUT2D eigenvalue weighted by Gasteiger charge is -2.15. The van der Waals surface area contributed by atoms with Crippen molar-refractivity contribution in [3.8, 4) is 11.5 Å². The van der Waals surface area contributed by atoms with Crippen LogP contribution in [0.15, 0.2) is 47.5 Å². The van der Waals surface area contributed by atoms with Crippen LogP contribution < -0.4 is 25.4 Å². The minimum Gasteiger partial charge on any atom is -0.490 e. The Labute approximate surface area is 210 Å². The molecule has 10 heteroatoms. The van der Waals surface area contributed by atoms with E-state index in [0.29, 0.717) is 43.3 Å². The second-order valence-corrected chi connectivity index (χ2v) is 6.80. The van der Waals surface area contributed by atoms with Crippen LogP contribution in [0.3, 0.4) is 0 Å². The smallest absolute Gasteiger partial charge is 0.387 e. The predicted octanol–water partition coefficient (Wildman–Crippen LogP) is 4.10. The molecular weight excluding hydrogens is 545 g/mol. The van der Waals surface area contributed by atoms with E-state index in [4.69, 9.17) is 4.74 Å². The number of nitrogens with zero attached hydrogens (tertiary/aromatic N) is 1. The number of nitrogens with one attached hydrogen (secondary N) is 3. The maximum atomic E-state index is 12.9. The Balaban J connectivity index is 0.00000544. The number of benzene rings is 2. The van der Waals surface area contributed by atoms with E-state index in [9.17, 15) is 13.6 Å². The summed E-state index contributed by atoms with van der Waals surface area (Å²) in [4.78, 5) is 16.7. The summed E-state index contributed by atoms with van der Waals surface area (Å²) in [5.74, 6) is 0.563. The number of carbonyl (C=O) groups excluding carboxylic acids is 1. The van der Waals surface area contributed by atoms with E-state index in [1.165, 1.54) is 0 Å². The van der Waals surface area contributed by atoms with E-state index in [-0.39, 0.29) is 47.9 Å². The Morgan fingerprint density at radius 3 is 2.45 bits per heavy atom. The molecular formula is C23H31F2IN4O3. The van der Waals surface area contributed by atoms with Gasteiger partial charge in [0, 0.05) is 30.8 Å². The number of guanidine groups is 1. The average Bonchev–Trinajstić information content (AvgIpc) is 2.76. The van der Waals surface area contributed by atoms with Crippen LogP contribution in [0.2, 0.25) is 0 Å². The molecule has 2 rings (SSSR count). The first kappa shape index (κ1) is 28.4. The van der Waals surface area contributed by atoms with E-state index >= 15 is 0 Å². The van der Waals surface area contributed by atoms with E-state index < -0.39 is 6.61 Å². The highest BCUT2D eigenvalue weighted by Gasteiger charge is 2.15. The predicted molar refractivity (Wildman–Crippen MR) is 136 cm³/mol.